The number of rotatable bonds is 6. The van der Waals surface area contributed by atoms with Crippen LogP contribution in [0.15, 0.2) is 27.7 Å². The second kappa shape index (κ2) is 8.54. The van der Waals surface area contributed by atoms with E-state index < -0.39 is 12.8 Å². The first-order valence-electron chi connectivity index (χ1n) is 7.79. The van der Waals surface area contributed by atoms with Gasteiger partial charge in [0.2, 0.25) is 5.89 Å². The zero-order valence-electron chi connectivity index (χ0n) is 14.6. The van der Waals surface area contributed by atoms with E-state index in [1.54, 1.807) is 39.1 Å². The molecule has 0 radical (unpaired) electrons. The number of nitrogens with zero attached hydrogens (tertiary/aromatic N) is 3. The number of alkyl halides is 3. The Balaban J connectivity index is 1.96. The minimum atomic E-state index is -4.39. The number of nitrogens with one attached hydrogen (secondary N) is 2. The summed E-state index contributed by atoms with van der Waals surface area (Å²) in [5.74, 6) is 1.54. The zero-order chi connectivity index (χ0) is 19.2. The van der Waals surface area contributed by atoms with E-state index >= 15 is 0 Å². The molecule has 0 aliphatic heterocycles. The van der Waals surface area contributed by atoms with Crippen LogP contribution in [-0.2, 0) is 13.1 Å². The fourth-order valence-electron chi connectivity index (χ4n) is 2.08. The predicted molar refractivity (Wildman–Crippen MR) is 88.8 cm³/mol. The van der Waals surface area contributed by atoms with E-state index in [-0.39, 0.29) is 12.3 Å². The standard InChI is InChI=1S/C16H20F3N5O2/c1-10-4-5-12(13(6-10)25-9-16(17,18)19)7-21-15(20-3)22-8-14-23-11(2)26-24-14/h4-6H,7-9H2,1-3H3,(H2,20,21,22). The second-order valence-corrected chi connectivity index (χ2v) is 5.52. The van der Waals surface area contributed by atoms with Crippen LogP contribution in [-0.4, -0.2) is 35.9 Å². The number of benzene rings is 1. The van der Waals surface area contributed by atoms with Gasteiger partial charge in [0.15, 0.2) is 18.4 Å². The van der Waals surface area contributed by atoms with Crippen molar-refractivity contribution in [1.82, 2.24) is 20.8 Å². The Morgan fingerprint density at radius 2 is 1.96 bits per heavy atom. The smallest absolute Gasteiger partial charge is 0.422 e. The average Bonchev–Trinajstić information content (AvgIpc) is 2.99. The Morgan fingerprint density at radius 1 is 1.23 bits per heavy atom. The van der Waals surface area contributed by atoms with Crippen LogP contribution in [0.25, 0.3) is 0 Å². The topological polar surface area (TPSA) is 84.6 Å². The van der Waals surface area contributed by atoms with Crippen LogP contribution < -0.4 is 15.4 Å². The van der Waals surface area contributed by atoms with Gasteiger partial charge in [-0.15, -0.1) is 0 Å². The van der Waals surface area contributed by atoms with E-state index in [0.717, 1.165) is 5.56 Å². The fourth-order valence-corrected chi connectivity index (χ4v) is 2.08. The highest BCUT2D eigenvalue weighted by molar-refractivity contribution is 5.79. The van der Waals surface area contributed by atoms with Gasteiger partial charge < -0.3 is 19.9 Å². The van der Waals surface area contributed by atoms with E-state index in [1.807, 2.05) is 0 Å². The van der Waals surface area contributed by atoms with Crippen LogP contribution in [0.5, 0.6) is 5.75 Å². The first-order valence-corrected chi connectivity index (χ1v) is 7.79. The first kappa shape index (κ1) is 19.5. The van der Waals surface area contributed by atoms with E-state index in [2.05, 4.69) is 25.8 Å². The van der Waals surface area contributed by atoms with Crippen LogP contribution in [0.2, 0.25) is 0 Å². The molecule has 0 aliphatic carbocycles. The summed E-state index contributed by atoms with van der Waals surface area (Å²) in [6, 6.07) is 5.08. The molecule has 2 rings (SSSR count). The molecule has 7 nitrogen and oxygen atoms in total. The minimum Gasteiger partial charge on any atom is -0.484 e. The molecular formula is C16H20F3N5O2. The third kappa shape index (κ3) is 6.26. The molecule has 2 aromatic rings. The summed E-state index contributed by atoms with van der Waals surface area (Å²) in [6.07, 6.45) is -4.39. The molecule has 26 heavy (non-hydrogen) atoms. The van der Waals surface area contributed by atoms with E-state index in [1.165, 1.54) is 0 Å². The zero-order valence-corrected chi connectivity index (χ0v) is 14.6. The Bertz CT molecular complexity index is 759. The first-order chi connectivity index (χ1) is 12.3. The number of aliphatic imine (C=N–C) groups is 1. The molecule has 0 unspecified atom stereocenters. The lowest BCUT2D eigenvalue weighted by Gasteiger charge is -2.16. The van der Waals surface area contributed by atoms with Crippen LogP contribution in [0.3, 0.4) is 0 Å². The van der Waals surface area contributed by atoms with Gasteiger partial charge in [-0.3, -0.25) is 4.99 Å². The van der Waals surface area contributed by atoms with Crippen LogP contribution >= 0.6 is 0 Å². The largest absolute Gasteiger partial charge is 0.484 e. The molecule has 10 heteroatoms. The fraction of sp³-hybridized carbons (Fsp3) is 0.438. The number of halogens is 3. The lowest BCUT2D eigenvalue weighted by atomic mass is 10.1. The summed E-state index contributed by atoms with van der Waals surface area (Å²) in [5, 5.41) is 9.75. The quantitative estimate of drug-likeness (QED) is 0.600. The molecule has 0 aliphatic rings. The summed E-state index contributed by atoms with van der Waals surface area (Å²) < 4.78 is 47.0. The summed E-state index contributed by atoms with van der Waals surface area (Å²) in [4.78, 5) is 8.10. The molecule has 0 bridgehead atoms. The monoisotopic (exact) mass is 371 g/mol. The van der Waals surface area contributed by atoms with Gasteiger partial charge >= 0.3 is 6.18 Å². The van der Waals surface area contributed by atoms with Crippen molar-refractivity contribution in [2.75, 3.05) is 13.7 Å². The van der Waals surface area contributed by atoms with Gasteiger partial charge in [-0.1, -0.05) is 17.3 Å². The molecule has 2 N–H and O–H groups in total. The summed E-state index contributed by atoms with van der Waals surface area (Å²) in [6.45, 7) is 2.66. The Hall–Kier alpha value is -2.78. The normalized spacial score (nSPS) is 12.2. The van der Waals surface area contributed by atoms with E-state index in [4.69, 9.17) is 9.26 Å². The maximum absolute atomic E-state index is 12.4. The predicted octanol–water partition coefficient (Wildman–Crippen LogP) is 2.49. The van der Waals surface area contributed by atoms with Crippen molar-refractivity contribution in [3.8, 4) is 5.75 Å². The molecule has 1 aromatic heterocycles. The van der Waals surface area contributed by atoms with Gasteiger partial charge in [0, 0.05) is 26.1 Å². The number of hydrogen-bond donors (Lipinski definition) is 2. The van der Waals surface area contributed by atoms with Gasteiger partial charge in [-0.05, 0) is 18.6 Å². The summed E-state index contributed by atoms with van der Waals surface area (Å²) in [5.41, 5.74) is 1.39. The van der Waals surface area contributed by atoms with Gasteiger partial charge in [-0.25, -0.2) is 0 Å². The molecule has 0 atom stereocenters. The van der Waals surface area contributed by atoms with Gasteiger partial charge in [0.1, 0.15) is 5.75 Å². The highest BCUT2D eigenvalue weighted by Crippen LogP contribution is 2.23. The van der Waals surface area contributed by atoms with Crippen molar-refractivity contribution in [1.29, 1.82) is 0 Å². The lowest BCUT2D eigenvalue weighted by Crippen LogP contribution is -2.36. The third-order valence-electron chi connectivity index (χ3n) is 3.27. The summed E-state index contributed by atoms with van der Waals surface area (Å²) in [7, 11) is 1.58. The number of hydrogen-bond acceptors (Lipinski definition) is 5. The van der Waals surface area contributed by atoms with Crippen LogP contribution in [0.4, 0.5) is 13.2 Å². The van der Waals surface area contributed by atoms with Gasteiger partial charge in [-0.2, -0.15) is 18.2 Å². The number of aryl methyl sites for hydroxylation is 2. The third-order valence-corrected chi connectivity index (χ3v) is 3.27. The van der Waals surface area contributed by atoms with Crippen molar-refractivity contribution in [2.24, 2.45) is 4.99 Å². The van der Waals surface area contributed by atoms with Crippen molar-refractivity contribution in [3.05, 3.63) is 41.0 Å². The SMILES string of the molecule is CN=C(NCc1noc(C)n1)NCc1ccc(C)cc1OCC(F)(F)F. The highest BCUT2D eigenvalue weighted by Gasteiger charge is 2.28. The molecule has 0 saturated heterocycles. The van der Waals surface area contributed by atoms with Crippen molar-refractivity contribution >= 4 is 5.96 Å². The van der Waals surface area contributed by atoms with Crippen LogP contribution in [0.1, 0.15) is 22.8 Å². The Labute approximate surface area is 148 Å². The number of guanidine groups is 1. The molecule has 0 spiro atoms. The van der Waals surface area contributed by atoms with Crippen molar-refractivity contribution in [2.45, 2.75) is 33.1 Å². The Kier molecular flexibility index (Phi) is 6.42. The molecule has 1 heterocycles. The molecule has 0 saturated carbocycles. The molecule has 1 aromatic carbocycles. The molecular weight excluding hydrogens is 351 g/mol. The number of ether oxygens (including phenoxy) is 1. The minimum absolute atomic E-state index is 0.180. The second-order valence-electron chi connectivity index (χ2n) is 5.52. The average molecular weight is 371 g/mol. The lowest BCUT2D eigenvalue weighted by molar-refractivity contribution is -0.153. The number of aromatic nitrogens is 2. The molecule has 142 valence electrons. The highest BCUT2D eigenvalue weighted by atomic mass is 19.4. The van der Waals surface area contributed by atoms with Crippen molar-refractivity contribution < 1.29 is 22.4 Å². The maximum Gasteiger partial charge on any atom is 0.422 e. The van der Waals surface area contributed by atoms with Gasteiger partial charge in [0.05, 0.1) is 6.54 Å². The molecule has 0 fully saturated rings. The Morgan fingerprint density at radius 3 is 2.58 bits per heavy atom. The maximum atomic E-state index is 12.4. The summed E-state index contributed by atoms with van der Waals surface area (Å²) >= 11 is 0. The molecule has 0 amide bonds. The van der Waals surface area contributed by atoms with Crippen LogP contribution in [0, 0.1) is 13.8 Å². The van der Waals surface area contributed by atoms with Gasteiger partial charge in [0.25, 0.3) is 0 Å². The van der Waals surface area contributed by atoms with E-state index in [0.29, 0.717) is 29.8 Å². The van der Waals surface area contributed by atoms with E-state index in [9.17, 15) is 13.2 Å². The van der Waals surface area contributed by atoms with Crippen molar-refractivity contribution in [3.63, 3.8) is 0 Å².